The predicted molar refractivity (Wildman–Crippen MR) is 82.1 cm³/mol. The molecular weight excluding hydrogens is 234 g/mol. The van der Waals surface area contributed by atoms with Crippen LogP contribution in [0.3, 0.4) is 0 Å². The van der Waals surface area contributed by atoms with Crippen molar-refractivity contribution in [1.29, 1.82) is 0 Å². The van der Waals surface area contributed by atoms with Crippen molar-refractivity contribution in [2.24, 2.45) is 11.3 Å². The van der Waals surface area contributed by atoms with Gasteiger partial charge in [-0.05, 0) is 25.5 Å². The molecule has 0 aliphatic carbocycles. The molecule has 0 heterocycles. The smallest absolute Gasteiger partial charge is 0.0853 e. The van der Waals surface area contributed by atoms with Gasteiger partial charge >= 0.3 is 0 Å². The average molecular weight is 263 g/mol. The van der Waals surface area contributed by atoms with Crippen LogP contribution >= 0.6 is 0 Å². The number of hydrogen-bond acceptors (Lipinski definition) is 2. The quantitative estimate of drug-likeness (QED) is 0.845. The van der Waals surface area contributed by atoms with Crippen LogP contribution in [-0.4, -0.2) is 29.6 Å². The highest BCUT2D eigenvalue weighted by Gasteiger charge is 2.31. The fourth-order valence-corrected chi connectivity index (χ4v) is 2.47. The Bertz CT molecular complexity index is 372. The van der Waals surface area contributed by atoms with E-state index in [0.29, 0.717) is 12.0 Å². The van der Waals surface area contributed by atoms with Crippen molar-refractivity contribution in [2.45, 2.75) is 46.8 Å². The fourth-order valence-electron chi connectivity index (χ4n) is 2.47. The predicted octanol–water partition coefficient (Wildman–Crippen LogP) is 3.72. The summed E-state index contributed by atoms with van der Waals surface area (Å²) in [5.41, 5.74) is 0.831. The molecule has 1 N–H and O–H groups in total. The molecule has 0 aromatic heterocycles. The SMILES string of the molecule is CC(C)C(C)N(C)CC(C)(C)C(O)c1ccccc1. The lowest BCUT2D eigenvalue weighted by atomic mass is 9.81. The highest BCUT2D eigenvalue weighted by molar-refractivity contribution is 5.19. The first kappa shape index (κ1) is 16.2. The number of hydrogen-bond donors (Lipinski definition) is 1. The van der Waals surface area contributed by atoms with Gasteiger partial charge in [-0.25, -0.2) is 0 Å². The molecule has 2 heteroatoms. The van der Waals surface area contributed by atoms with Gasteiger partial charge in [0.15, 0.2) is 0 Å². The van der Waals surface area contributed by atoms with Gasteiger partial charge in [0.2, 0.25) is 0 Å². The first-order valence-corrected chi connectivity index (χ1v) is 7.19. The maximum atomic E-state index is 10.6. The molecule has 0 amide bonds. The van der Waals surface area contributed by atoms with E-state index in [1.165, 1.54) is 0 Å². The summed E-state index contributed by atoms with van der Waals surface area (Å²) >= 11 is 0. The van der Waals surface area contributed by atoms with E-state index in [0.717, 1.165) is 12.1 Å². The van der Waals surface area contributed by atoms with E-state index in [1.54, 1.807) is 0 Å². The summed E-state index contributed by atoms with van der Waals surface area (Å²) in [6.07, 6.45) is -0.435. The van der Waals surface area contributed by atoms with Crippen molar-refractivity contribution in [2.75, 3.05) is 13.6 Å². The molecule has 2 nitrogen and oxygen atoms in total. The molecule has 0 saturated heterocycles. The Labute approximate surface area is 118 Å². The van der Waals surface area contributed by atoms with E-state index in [1.807, 2.05) is 30.3 Å². The summed E-state index contributed by atoms with van der Waals surface area (Å²) < 4.78 is 0. The van der Waals surface area contributed by atoms with Gasteiger partial charge in [-0.15, -0.1) is 0 Å². The molecule has 0 radical (unpaired) electrons. The van der Waals surface area contributed by atoms with Gasteiger partial charge in [-0.3, -0.25) is 0 Å². The second-order valence-corrected chi connectivity index (χ2v) is 6.70. The molecule has 2 atom stereocenters. The minimum absolute atomic E-state index is 0.167. The van der Waals surface area contributed by atoms with E-state index in [2.05, 4.69) is 46.6 Å². The molecular formula is C17H29NO. The summed E-state index contributed by atoms with van der Waals surface area (Å²) in [5, 5.41) is 10.6. The highest BCUT2D eigenvalue weighted by Crippen LogP contribution is 2.34. The maximum absolute atomic E-state index is 10.6. The number of aliphatic hydroxyl groups excluding tert-OH is 1. The second-order valence-electron chi connectivity index (χ2n) is 6.70. The van der Waals surface area contributed by atoms with Crippen LogP contribution in [0, 0.1) is 11.3 Å². The molecule has 0 aliphatic rings. The number of rotatable bonds is 6. The Hall–Kier alpha value is -0.860. The Morgan fingerprint density at radius 2 is 1.63 bits per heavy atom. The summed E-state index contributed by atoms with van der Waals surface area (Å²) in [6, 6.07) is 10.5. The van der Waals surface area contributed by atoms with E-state index >= 15 is 0 Å². The van der Waals surface area contributed by atoms with E-state index in [-0.39, 0.29) is 5.41 Å². The van der Waals surface area contributed by atoms with Gasteiger partial charge in [0.05, 0.1) is 6.10 Å². The van der Waals surface area contributed by atoms with Crippen LogP contribution in [0.5, 0.6) is 0 Å². The first-order chi connectivity index (χ1) is 8.75. The molecule has 0 saturated carbocycles. The molecule has 1 aromatic rings. The topological polar surface area (TPSA) is 23.5 Å². The standard InChI is InChI=1S/C17H29NO/c1-13(2)14(3)18(6)12-17(4,5)16(19)15-10-8-7-9-11-15/h7-11,13-14,16,19H,12H2,1-6H3. The Balaban J connectivity index is 2.75. The maximum Gasteiger partial charge on any atom is 0.0853 e. The van der Waals surface area contributed by atoms with Gasteiger partial charge in [-0.2, -0.15) is 0 Å². The van der Waals surface area contributed by atoms with Crippen molar-refractivity contribution in [3.05, 3.63) is 35.9 Å². The molecule has 1 rings (SSSR count). The van der Waals surface area contributed by atoms with Crippen LogP contribution in [0.15, 0.2) is 30.3 Å². The minimum Gasteiger partial charge on any atom is -0.388 e. The van der Waals surface area contributed by atoms with Gasteiger partial charge in [0.25, 0.3) is 0 Å². The van der Waals surface area contributed by atoms with Crippen molar-refractivity contribution in [3.8, 4) is 0 Å². The lowest BCUT2D eigenvalue weighted by molar-refractivity contribution is 0.0138. The molecule has 19 heavy (non-hydrogen) atoms. The van der Waals surface area contributed by atoms with Crippen molar-refractivity contribution in [3.63, 3.8) is 0 Å². The van der Waals surface area contributed by atoms with Crippen LogP contribution in [0.25, 0.3) is 0 Å². The second kappa shape index (κ2) is 6.53. The Morgan fingerprint density at radius 1 is 1.11 bits per heavy atom. The van der Waals surface area contributed by atoms with Crippen LogP contribution < -0.4 is 0 Å². The zero-order valence-electron chi connectivity index (χ0n) is 13.2. The zero-order chi connectivity index (χ0) is 14.6. The monoisotopic (exact) mass is 263 g/mol. The summed E-state index contributed by atoms with van der Waals surface area (Å²) in [7, 11) is 2.14. The fraction of sp³-hybridized carbons (Fsp3) is 0.647. The molecule has 0 bridgehead atoms. The van der Waals surface area contributed by atoms with Crippen molar-refractivity contribution >= 4 is 0 Å². The normalized spacial score (nSPS) is 15.8. The van der Waals surface area contributed by atoms with E-state index in [4.69, 9.17) is 0 Å². The van der Waals surface area contributed by atoms with Crippen molar-refractivity contribution in [1.82, 2.24) is 4.90 Å². The van der Waals surface area contributed by atoms with Crippen molar-refractivity contribution < 1.29 is 5.11 Å². The number of aliphatic hydroxyl groups is 1. The third kappa shape index (κ3) is 4.32. The number of nitrogens with zero attached hydrogens (tertiary/aromatic N) is 1. The summed E-state index contributed by atoms with van der Waals surface area (Å²) in [5.74, 6) is 0.620. The van der Waals surface area contributed by atoms with Gasteiger partial charge in [-0.1, -0.05) is 58.0 Å². The van der Waals surface area contributed by atoms with Crippen LogP contribution in [0.4, 0.5) is 0 Å². The van der Waals surface area contributed by atoms with Crippen LogP contribution in [0.2, 0.25) is 0 Å². The molecule has 2 unspecified atom stereocenters. The third-order valence-corrected chi connectivity index (χ3v) is 4.17. The van der Waals surface area contributed by atoms with E-state index < -0.39 is 6.10 Å². The first-order valence-electron chi connectivity index (χ1n) is 7.19. The zero-order valence-corrected chi connectivity index (χ0v) is 13.2. The lowest BCUT2D eigenvalue weighted by Gasteiger charge is -2.38. The van der Waals surface area contributed by atoms with E-state index in [9.17, 15) is 5.11 Å². The third-order valence-electron chi connectivity index (χ3n) is 4.17. The minimum atomic E-state index is -0.435. The molecule has 108 valence electrons. The number of benzene rings is 1. The molecule has 0 spiro atoms. The highest BCUT2D eigenvalue weighted by atomic mass is 16.3. The largest absolute Gasteiger partial charge is 0.388 e. The lowest BCUT2D eigenvalue weighted by Crippen LogP contribution is -2.42. The summed E-state index contributed by atoms with van der Waals surface area (Å²) in [6.45, 7) is 11.9. The van der Waals surface area contributed by atoms with Gasteiger partial charge < -0.3 is 10.0 Å². The summed E-state index contributed by atoms with van der Waals surface area (Å²) in [4.78, 5) is 2.34. The Morgan fingerprint density at radius 3 is 2.11 bits per heavy atom. The van der Waals surface area contributed by atoms with Gasteiger partial charge in [0.1, 0.15) is 0 Å². The Kier molecular flexibility index (Phi) is 5.57. The van der Waals surface area contributed by atoms with Crippen LogP contribution in [-0.2, 0) is 0 Å². The molecule has 1 aromatic carbocycles. The molecule has 0 fully saturated rings. The molecule has 0 aliphatic heterocycles. The van der Waals surface area contributed by atoms with Crippen LogP contribution in [0.1, 0.15) is 46.3 Å². The van der Waals surface area contributed by atoms with Gasteiger partial charge in [0, 0.05) is 18.0 Å². The average Bonchev–Trinajstić information content (AvgIpc) is 2.37.